The average molecular weight is 360 g/mol. The zero-order valence-corrected chi connectivity index (χ0v) is 14.3. The zero-order valence-electron chi connectivity index (χ0n) is 11.1. The van der Waals surface area contributed by atoms with Gasteiger partial charge in [0.1, 0.15) is 4.90 Å². The van der Waals surface area contributed by atoms with Gasteiger partial charge in [-0.05, 0) is 26.0 Å². The molecule has 1 heterocycles. The van der Waals surface area contributed by atoms with Gasteiger partial charge in [0.05, 0.1) is 10.0 Å². The second-order valence-electron chi connectivity index (χ2n) is 4.84. The van der Waals surface area contributed by atoms with Gasteiger partial charge in [-0.1, -0.05) is 29.3 Å². The fraction of sp³-hybridized carbons (Fsp3) is 0.500. The minimum atomic E-state index is -3.66. The third kappa shape index (κ3) is 3.59. The first-order chi connectivity index (χ1) is 8.82. The summed E-state index contributed by atoms with van der Waals surface area (Å²) in [5.74, 6) is 0. The third-order valence-corrected chi connectivity index (χ3v) is 5.83. The van der Waals surface area contributed by atoms with Gasteiger partial charge in [-0.2, -0.15) is 4.31 Å². The van der Waals surface area contributed by atoms with Crippen molar-refractivity contribution in [3.8, 4) is 0 Å². The molecule has 0 spiro atoms. The lowest BCUT2D eigenvalue weighted by atomic mass is 10.2. The average Bonchev–Trinajstić information content (AvgIpc) is 2.26. The number of rotatable bonds is 2. The molecule has 2 unspecified atom stereocenters. The smallest absolute Gasteiger partial charge is 0.246 e. The number of nitrogens with zero attached hydrogens (tertiary/aromatic N) is 1. The molecule has 1 fully saturated rings. The molecule has 2 rings (SSSR count). The normalized spacial score (nSPS) is 24.2. The number of sulfonamides is 1. The van der Waals surface area contributed by atoms with Crippen molar-refractivity contribution in [1.82, 2.24) is 9.62 Å². The Morgan fingerprint density at radius 1 is 1.15 bits per heavy atom. The van der Waals surface area contributed by atoms with Crippen LogP contribution in [0.2, 0.25) is 10.0 Å². The van der Waals surface area contributed by atoms with Crippen molar-refractivity contribution < 1.29 is 8.42 Å². The first kappa shape index (κ1) is 18.0. The molecule has 0 radical (unpaired) electrons. The molecule has 1 aromatic carbocycles. The minimum absolute atomic E-state index is 0. The van der Waals surface area contributed by atoms with Crippen molar-refractivity contribution in [2.75, 3.05) is 13.1 Å². The highest BCUT2D eigenvalue weighted by Crippen LogP contribution is 2.32. The van der Waals surface area contributed by atoms with E-state index in [1.165, 1.54) is 16.4 Å². The maximum atomic E-state index is 12.6. The summed E-state index contributed by atoms with van der Waals surface area (Å²) < 4.78 is 26.7. The molecule has 1 aromatic rings. The van der Waals surface area contributed by atoms with E-state index in [-0.39, 0.29) is 39.4 Å². The first-order valence-corrected chi connectivity index (χ1v) is 8.22. The van der Waals surface area contributed by atoms with Crippen LogP contribution in [0.1, 0.15) is 13.8 Å². The Morgan fingerprint density at radius 2 is 1.60 bits per heavy atom. The number of hydrogen-bond donors (Lipinski definition) is 1. The van der Waals surface area contributed by atoms with Gasteiger partial charge in [-0.3, -0.25) is 0 Å². The molecule has 114 valence electrons. The van der Waals surface area contributed by atoms with Crippen LogP contribution in [0.15, 0.2) is 23.1 Å². The molecule has 0 aliphatic carbocycles. The molecule has 1 N–H and O–H groups in total. The van der Waals surface area contributed by atoms with Crippen LogP contribution < -0.4 is 5.32 Å². The van der Waals surface area contributed by atoms with Crippen LogP contribution in [0.25, 0.3) is 0 Å². The van der Waals surface area contributed by atoms with E-state index < -0.39 is 10.0 Å². The van der Waals surface area contributed by atoms with Crippen LogP contribution in [0.5, 0.6) is 0 Å². The zero-order chi connectivity index (χ0) is 14.2. The third-order valence-electron chi connectivity index (χ3n) is 3.04. The monoisotopic (exact) mass is 358 g/mol. The molecular weight excluding hydrogens is 343 g/mol. The van der Waals surface area contributed by atoms with E-state index >= 15 is 0 Å². The maximum Gasteiger partial charge on any atom is 0.246 e. The predicted octanol–water partition coefficient (Wildman–Crippen LogP) is 2.79. The van der Waals surface area contributed by atoms with Crippen LogP contribution in [-0.4, -0.2) is 37.9 Å². The molecule has 0 aromatic heterocycles. The molecule has 1 aliphatic rings. The van der Waals surface area contributed by atoms with Crippen molar-refractivity contribution in [2.45, 2.75) is 30.8 Å². The van der Waals surface area contributed by atoms with Gasteiger partial charge in [0.25, 0.3) is 0 Å². The molecular formula is C12H17Cl3N2O2S. The molecule has 20 heavy (non-hydrogen) atoms. The van der Waals surface area contributed by atoms with Gasteiger partial charge >= 0.3 is 0 Å². The lowest BCUT2D eigenvalue weighted by Gasteiger charge is -2.35. The van der Waals surface area contributed by atoms with Crippen molar-refractivity contribution in [3.63, 3.8) is 0 Å². The van der Waals surface area contributed by atoms with Crippen molar-refractivity contribution in [2.24, 2.45) is 0 Å². The summed E-state index contributed by atoms with van der Waals surface area (Å²) in [6.07, 6.45) is 0. The summed E-state index contributed by atoms with van der Waals surface area (Å²) >= 11 is 12.0. The fourth-order valence-electron chi connectivity index (χ4n) is 2.33. The van der Waals surface area contributed by atoms with Crippen LogP contribution in [0.4, 0.5) is 0 Å². The second kappa shape index (κ2) is 6.81. The quantitative estimate of drug-likeness (QED) is 0.883. The molecule has 1 saturated heterocycles. The minimum Gasteiger partial charge on any atom is -0.309 e. The Bertz CT molecular complexity index is 550. The van der Waals surface area contributed by atoms with Gasteiger partial charge in [0.2, 0.25) is 10.0 Å². The van der Waals surface area contributed by atoms with Crippen LogP contribution in [-0.2, 0) is 10.0 Å². The predicted molar refractivity (Wildman–Crippen MR) is 84.5 cm³/mol. The van der Waals surface area contributed by atoms with E-state index in [2.05, 4.69) is 5.32 Å². The number of benzene rings is 1. The highest BCUT2D eigenvalue weighted by molar-refractivity contribution is 7.89. The summed E-state index contributed by atoms with van der Waals surface area (Å²) in [5, 5.41) is 3.61. The van der Waals surface area contributed by atoms with Gasteiger partial charge < -0.3 is 5.32 Å². The van der Waals surface area contributed by atoms with E-state index in [0.717, 1.165) is 0 Å². The molecule has 0 bridgehead atoms. The maximum absolute atomic E-state index is 12.6. The topological polar surface area (TPSA) is 49.4 Å². The Kier molecular flexibility index (Phi) is 6.14. The number of halogens is 3. The molecule has 8 heteroatoms. The summed E-state index contributed by atoms with van der Waals surface area (Å²) in [4.78, 5) is -0.000340. The Balaban J connectivity index is 0.00000200. The molecule has 0 amide bonds. The number of piperazine rings is 1. The molecule has 4 nitrogen and oxygen atoms in total. The van der Waals surface area contributed by atoms with Crippen LogP contribution in [0.3, 0.4) is 0 Å². The Morgan fingerprint density at radius 3 is 2.05 bits per heavy atom. The van der Waals surface area contributed by atoms with E-state index in [4.69, 9.17) is 23.2 Å². The summed E-state index contributed by atoms with van der Waals surface area (Å²) in [5.41, 5.74) is 0. The number of nitrogens with one attached hydrogen (secondary N) is 1. The fourth-order valence-corrected chi connectivity index (χ4v) is 5.04. The SMILES string of the molecule is CC1CN(S(=O)(=O)c2c(Cl)cccc2Cl)CC(C)N1.Cl. The number of hydrogen-bond acceptors (Lipinski definition) is 3. The summed E-state index contributed by atoms with van der Waals surface area (Å²) in [6, 6.07) is 4.90. The Labute approximate surface area is 135 Å². The van der Waals surface area contributed by atoms with Gasteiger partial charge in [0, 0.05) is 25.2 Å². The summed E-state index contributed by atoms with van der Waals surface area (Å²) in [7, 11) is -3.66. The van der Waals surface area contributed by atoms with Crippen molar-refractivity contribution >= 4 is 45.6 Å². The Hall–Kier alpha value is -0.0400. The van der Waals surface area contributed by atoms with E-state index in [9.17, 15) is 8.42 Å². The van der Waals surface area contributed by atoms with Gasteiger partial charge in [-0.15, -0.1) is 12.4 Å². The lowest BCUT2D eigenvalue weighted by Crippen LogP contribution is -2.55. The molecule has 1 aliphatic heterocycles. The van der Waals surface area contributed by atoms with Crippen LogP contribution >= 0.6 is 35.6 Å². The van der Waals surface area contributed by atoms with Gasteiger partial charge in [0.15, 0.2) is 0 Å². The van der Waals surface area contributed by atoms with Crippen molar-refractivity contribution in [3.05, 3.63) is 28.2 Å². The van der Waals surface area contributed by atoms with Crippen LogP contribution in [0, 0.1) is 0 Å². The van der Waals surface area contributed by atoms with Gasteiger partial charge in [-0.25, -0.2) is 8.42 Å². The highest BCUT2D eigenvalue weighted by atomic mass is 35.5. The first-order valence-electron chi connectivity index (χ1n) is 6.02. The lowest BCUT2D eigenvalue weighted by molar-refractivity contribution is 0.263. The largest absolute Gasteiger partial charge is 0.309 e. The second-order valence-corrected chi connectivity index (χ2v) is 7.53. The molecule has 2 atom stereocenters. The van der Waals surface area contributed by atoms with Crippen molar-refractivity contribution in [1.29, 1.82) is 0 Å². The molecule has 0 saturated carbocycles. The standard InChI is InChI=1S/C12H16Cl2N2O2S.ClH/c1-8-6-16(7-9(2)15-8)19(17,18)12-10(13)4-3-5-11(12)14;/h3-5,8-9,15H,6-7H2,1-2H3;1H. The highest BCUT2D eigenvalue weighted by Gasteiger charge is 2.33. The van der Waals surface area contributed by atoms with E-state index in [0.29, 0.717) is 13.1 Å². The summed E-state index contributed by atoms with van der Waals surface area (Å²) in [6.45, 7) is 4.72. The van der Waals surface area contributed by atoms with E-state index in [1.54, 1.807) is 6.07 Å². The van der Waals surface area contributed by atoms with E-state index in [1.807, 2.05) is 13.8 Å².